The van der Waals surface area contributed by atoms with Crippen molar-refractivity contribution < 1.29 is 14.8 Å². The molecule has 1 aliphatic heterocycles. The minimum Gasteiger partial charge on any atom is -0.423 e. The van der Waals surface area contributed by atoms with Crippen LogP contribution in [0.4, 0.5) is 0 Å². The van der Waals surface area contributed by atoms with Gasteiger partial charge in [-0.3, -0.25) is 4.90 Å². The molecule has 0 radical (unpaired) electrons. The minimum absolute atomic E-state index is 0.430. The summed E-state index contributed by atoms with van der Waals surface area (Å²) in [5.41, 5.74) is 1.54. The summed E-state index contributed by atoms with van der Waals surface area (Å²) in [7, 11) is 0.638. The van der Waals surface area contributed by atoms with Crippen LogP contribution < -0.4 is 5.46 Å². The Morgan fingerprint density at radius 1 is 1.41 bits per heavy atom. The van der Waals surface area contributed by atoms with Crippen LogP contribution in [-0.2, 0) is 11.3 Å². The van der Waals surface area contributed by atoms with Gasteiger partial charge in [0.2, 0.25) is 0 Å². The smallest absolute Gasteiger partial charge is 0.423 e. The average molecular weight is 235 g/mol. The number of ether oxygens (including phenoxy) is 1. The average Bonchev–Trinajstić information content (AvgIpc) is 2.83. The molecule has 17 heavy (non-hydrogen) atoms. The molecule has 5 heteroatoms. The first-order valence-corrected chi connectivity index (χ1v) is 5.90. The fourth-order valence-electron chi connectivity index (χ4n) is 2.20. The third-order valence-corrected chi connectivity index (χ3v) is 3.28. The number of nitrogens with zero attached hydrogens (tertiary/aromatic N) is 1. The molecule has 2 rings (SSSR count). The number of hydrogen-bond donors (Lipinski definition) is 2. The van der Waals surface area contributed by atoms with E-state index in [1.54, 1.807) is 6.07 Å². The fourth-order valence-corrected chi connectivity index (χ4v) is 2.20. The summed E-state index contributed by atoms with van der Waals surface area (Å²) >= 11 is 0. The largest absolute Gasteiger partial charge is 0.488 e. The molecule has 1 saturated heterocycles. The Bertz CT molecular complexity index is 367. The Morgan fingerprint density at radius 2 is 2.18 bits per heavy atom. The molecule has 0 spiro atoms. The number of rotatable bonds is 4. The Balaban J connectivity index is 2.06. The lowest BCUT2D eigenvalue weighted by atomic mass is 9.77. The molecule has 0 amide bonds. The first-order chi connectivity index (χ1) is 8.18. The van der Waals surface area contributed by atoms with Gasteiger partial charge in [0.15, 0.2) is 0 Å². The Morgan fingerprint density at radius 3 is 2.82 bits per heavy atom. The Hall–Kier alpha value is -0.875. The first-order valence-electron chi connectivity index (χ1n) is 5.90. The highest BCUT2D eigenvalue weighted by atomic mass is 16.5. The third kappa shape index (κ3) is 3.07. The van der Waals surface area contributed by atoms with Gasteiger partial charge < -0.3 is 14.8 Å². The second kappa shape index (κ2) is 5.64. The van der Waals surface area contributed by atoms with E-state index in [1.165, 1.54) is 0 Å². The van der Waals surface area contributed by atoms with Gasteiger partial charge in [0.1, 0.15) is 0 Å². The van der Waals surface area contributed by atoms with Crippen LogP contribution in [-0.4, -0.2) is 48.4 Å². The molecule has 0 bridgehead atoms. The van der Waals surface area contributed by atoms with Crippen molar-refractivity contribution in [2.24, 2.45) is 0 Å². The maximum absolute atomic E-state index is 9.30. The van der Waals surface area contributed by atoms with Crippen molar-refractivity contribution >= 4 is 12.6 Å². The van der Waals surface area contributed by atoms with Gasteiger partial charge in [-0.2, -0.15) is 0 Å². The van der Waals surface area contributed by atoms with Crippen molar-refractivity contribution in [2.45, 2.75) is 19.0 Å². The molecule has 1 unspecified atom stereocenters. The van der Waals surface area contributed by atoms with Crippen molar-refractivity contribution in [3.8, 4) is 0 Å². The zero-order valence-corrected chi connectivity index (χ0v) is 10.0. The monoisotopic (exact) mass is 235 g/mol. The second-order valence-electron chi connectivity index (χ2n) is 4.51. The molecule has 4 nitrogen and oxygen atoms in total. The predicted octanol–water partition coefficient (Wildman–Crippen LogP) is -0.413. The van der Waals surface area contributed by atoms with Gasteiger partial charge in [-0.15, -0.1) is 0 Å². The minimum atomic E-state index is -1.40. The summed E-state index contributed by atoms with van der Waals surface area (Å²) in [6.45, 7) is 2.29. The number of likely N-dealkylation sites (N-methyl/N-ethyl adjacent to an activating group) is 1. The fraction of sp³-hybridized carbons (Fsp3) is 0.500. The van der Waals surface area contributed by atoms with Crippen molar-refractivity contribution in [3.63, 3.8) is 0 Å². The van der Waals surface area contributed by atoms with E-state index in [1.807, 2.05) is 25.2 Å². The standard InChI is InChI=1S/C12H18BNO3/c1-14(11-6-7-17-9-11)8-10-4-2-3-5-12(10)13(15)16/h2-5,11,15-16H,6-9H2,1H3. The van der Waals surface area contributed by atoms with E-state index < -0.39 is 7.12 Å². The lowest BCUT2D eigenvalue weighted by Crippen LogP contribution is -2.37. The van der Waals surface area contributed by atoms with E-state index in [0.29, 0.717) is 18.0 Å². The van der Waals surface area contributed by atoms with Crippen molar-refractivity contribution in [1.82, 2.24) is 4.90 Å². The molecule has 1 aromatic carbocycles. The molecule has 1 heterocycles. The van der Waals surface area contributed by atoms with Crippen molar-refractivity contribution in [3.05, 3.63) is 29.8 Å². The topological polar surface area (TPSA) is 52.9 Å². The molecule has 1 aliphatic rings. The van der Waals surface area contributed by atoms with E-state index in [0.717, 1.165) is 25.2 Å². The van der Waals surface area contributed by atoms with Gasteiger partial charge in [-0.05, 0) is 24.5 Å². The molecule has 92 valence electrons. The Kier molecular flexibility index (Phi) is 4.18. The van der Waals surface area contributed by atoms with Crippen molar-refractivity contribution in [2.75, 3.05) is 20.3 Å². The van der Waals surface area contributed by atoms with Crippen LogP contribution in [0.15, 0.2) is 24.3 Å². The highest BCUT2D eigenvalue weighted by Crippen LogP contribution is 2.13. The molecular weight excluding hydrogens is 217 g/mol. The van der Waals surface area contributed by atoms with Gasteiger partial charge in [0.05, 0.1) is 6.61 Å². The summed E-state index contributed by atoms with van der Waals surface area (Å²) in [6, 6.07) is 7.84. The summed E-state index contributed by atoms with van der Waals surface area (Å²) in [5.74, 6) is 0. The SMILES string of the molecule is CN(Cc1ccccc1B(O)O)C1CCOC1. The summed E-state index contributed by atoms with van der Waals surface area (Å²) < 4.78 is 5.35. The van der Waals surface area contributed by atoms with Crippen LogP contribution in [0, 0.1) is 0 Å². The van der Waals surface area contributed by atoms with Gasteiger partial charge in [0, 0.05) is 19.2 Å². The highest BCUT2D eigenvalue weighted by Gasteiger charge is 2.22. The van der Waals surface area contributed by atoms with Crippen LogP contribution >= 0.6 is 0 Å². The summed E-state index contributed by atoms with van der Waals surface area (Å²) in [4.78, 5) is 2.20. The maximum Gasteiger partial charge on any atom is 0.488 e. The molecule has 1 atom stereocenters. The summed E-state index contributed by atoms with van der Waals surface area (Å²) in [6.07, 6.45) is 1.04. The lowest BCUT2D eigenvalue weighted by molar-refractivity contribution is 0.156. The van der Waals surface area contributed by atoms with E-state index in [9.17, 15) is 10.0 Å². The molecule has 0 aromatic heterocycles. The van der Waals surface area contributed by atoms with E-state index >= 15 is 0 Å². The molecule has 2 N–H and O–H groups in total. The lowest BCUT2D eigenvalue weighted by Gasteiger charge is -2.24. The Labute approximate surface area is 102 Å². The maximum atomic E-state index is 9.30. The normalized spacial score (nSPS) is 19.9. The van der Waals surface area contributed by atoms with Gasteiger partial charge in [-0.1, -0.05) is 24.3 Å². The van der Waals surface area contributed by atoms with Crippen LogP contribution in [0.25, 0.3) is 0 Å². The zero-order chi connectivity index (χ0) is 12.3. The van der Waals surface area contributed by atoms with E-state index in [4.69, 9.17) is 4.74 Å². The predicted molar refractivity (Wildman–Crippen MR) is 67.0 cm³/mol. The second-order valence-corrected chi connectivity index (χ2v) is 4.51. The molecule has 1 aromatic rings. The quantitative estimate of drug-likeness (QED) is 0.696. The van der Waals surface area contributed by atoms with Crippen LogP contribution in [0.5, 0.6) is 0 Å². The zero-order valence-electron chi connectivity index (χ0n) is 10.0. The van der Waals surface area contributed by atoms with Crippen LogP contribution in [0.3, 0.4) is 0 Å². The summed E-state index contributed by atoms with van der Waals surface area (Å²) in [5, 5.41) is 18.6. The highest BCUT2D eigenvalue weighted by molar-refractivity contribution is 6.59. The van der Waals surface area contributed by atoms with Crippen LogP contribution in [0.1, 0.15) is 12.0 Å². The molecule has 0 saturated carbocycles. The number of benzene rings is 1. The van der Waals surface area contributed by atoms with Crippen LogP contribution in [0.2, 0.25) is 0 Å². The van der Waals surface area contributed by atoms with Gasteiger partial charge in [-0.25, -0.2) is 0 Å². The van der Waals surface area contributed by atoms with E-state index in [2.05, 4.69) is 4.90 Å². The van der Waals surface area contributed by atoms with Crippen molar-refractivity contribution in [1.29, 1.82) is 0 Å². The van der Waals surface area contributed by atoms with Gasteiger partial charge in [0.25, 0.3) is 0 Å². The number of hydrogen-bond acceptors (Lipinski definition) is 4. The first kappa shape index (κ1) is 12.6. The molecule has 1 fully saturated rings. The molecular formula is C12H18BNO3. The third-order valence-electron chi connectivity index (χ3n) is 3.28. The van der Waals surface area contributed by atoms with E-state index in [-0.39, 0.29) is 0 Å². The van der Waals surface area contributed by atoms with Gasteiger partial charge >= 0.3 is 7.12 Å². The molecule has 0 aliphatic carbocycles.